The molecule has 0 aliphatic heterocycles. The van der Waals surface area contributed by atoms with E-state index in [1.54, 1.807) is 24.3 Å². The van der Waals surface area contributed by atoms with Crippen LogP contribution in [0.4, 0.5) is 0 Å². The molecule has 1 atom stereocenters. The fraction of sp³-hybridized carbons (Fsp3) is 0.357. The number of carbonyl (C=O) groups is 2. The Hall–Kier alpha value is -2.55. The quantitative estimate of drug-likeness (QED) is 0.803. The number of hydrogen-bond donors (Lipinski definition) is 2. The highest BCUT2D eigenvalue weighted by Gasteiger charge is 2.37. The first-order valence-corrected chi connectivity index (χ1v) is 6.26. The number of nitriles is 1. The lowest BCUT2D eigenvalue weighted by Crippen LogP contribution is -2.44. The molecule has 0 bridgehead atoms. The first-order chi connectivity index (χ1) is 9.61. The maximum atomic E-state index is 11.7. The molecule has 20 heavy (non-hydrogen) atoms. The predicted octanol–water partition coefficient (Wildman–Crippen LogP) is 0.916. The van der Waals surface area contributed by atoms with Gasteiger partial charge in [-0.3, -0.25) is 4.79 Å². The number of amides is 1. The summed E-state index contributed by atoms with van der Waals surface area (Å²) in [7, 11) is 0. The van der Waals surface area contributed by atoms with Crippen molar-refractivity contribution >= 4 is 11.9 Å². The highest BCUT2D eigenvalue weighted by Crippen LogP contribution is 2.32. The van der Waals surface area contributed by atoms with Crippen LogP contribution >= 0.6 is 0 Å². The topological polar surface area (TPSA) is 99.4 Å². The summed E-state index contributed by atoms with van der Waals surface area (Å²) in [6.07, 6.45) is 1.63. The molecule has 1 saturated carbocycles. The number of benzene rings is 1. The zero-order chi connectivity index (χ0) is 14.5. The van der Waals surface area contributed by atoms with E-state index in [9.17, 15) is 9.59 Å². The second-order valence-electron chi connectivity index (χ2n) is 4.62. The Bertz CT molecular complexity index is 561. The van der Waals surface area contributed by atoms with Gasteiger partial charge in [0.1, 0.15) is 17.9 Å². The van der Waals surface area contributed by atoms with E-state index in [-0.39, 0.29) is 12.5 Å². The number of ether oxygens (including phenoxy) is 1. The van der Waals surface area contributed by atoms with Crippen molar-refractivity contribution in [2.45, 2.75) is 18.9 Å². The zero-order valence-electron chi connectivity index (χ0n) is 10.7. The SMILES string of the molecule is N#Cc1ccccc1OCC(=O)NC(C(=O)O)C1CC1. The molecule has 6 heteroatoms. The molecule has 1 aliphatic carbocycles. The predicted molar refractivity (Wildman–Crippen MR) is 68.9 cm³/mol. The highest BCUT2D eigenvalue weighted by atomic mass is 16.5. The fourth-order valence-corrected chi connectivity index (χ4v) is 1.85. The summed E-state index contributed by atoms with van der Waals surface area (Å²) in [6, 6.07) is 7.66. The van der Waals surface area contributed by atoms with Gasteiger partial charge in [0.25, 0.3) is 5.91 Å². The molecular formula is C14H14N2O4. The number of aliphatic carboxylic acids is 1. The van der Waals surface area contributed by atoms with Crippen molar-refractivity contribution in [3.63, 3.8) is 0 Å². The molecule has 1 aromatic carbocycles. The number of carboxylic acid groups (broad SMARTS) is 1. The molecule has 0 spiro atoms. The molecule has 104 valence electrons. The van der Waals surface area contributed by atoms with E-state index in [0.717, 1.165) is 12.8 Å². The van der Waals surface area contributed by atoms with Gasteiger partial charge in [0.2, 0.25) is 0 Å². The second kappa shape index (κ2) is 6.06. The molecule has 1 unspecified atom stereocenters. The smallest absolute Gasteiger partial charge is 0.326 e. The number of nitrogens with zero attached hydrogens (tertiary/aromatic N) is 1. The maximum Gasteiger partial charge on any atom is 0.326 e. The summed E-state index contributed by atoms with van der Waals surface area (Å²) in [6.45, 7) is -0.310. The van der Waals surface area contributed by atoms with Gasteiger partial charge in [-0.2, -0.15) is 5.26 Å². The van der Waals surface area contributed by atoms with Crippen LogP contribution in [0.2, 0.25) is 0 Å². The molecule has 1 amide bonds. The van der Waals surface area contributed by atoms with Gasteiger partial charge in [-0.25, -0.2) is 4.79 Å². The first kappa shape index (κ1) is 13.9. The molecule has 0 heterocycles. The van der Waals surface area contributed by atoms with Crippen molar-refractivity contribution < 1.29 is 19.4 Å². The van der Waals surface area contributed by atoms with Gasteiger partial charge in [-0.1, -0.05) is 12.1 Å². The van der Waals surface area contributed by atoms with Gasteiger partial charge in [-0.15, -0.1) is 0 Å². The lowest BCUT2D eigenvalue weighted by atomic mass is 10.2. The third-order valence-corrected chi connectivity index (χ3v) is 3.04. The fourth-order valence-electron chi connectivity index (χ4n) is 1.85. The minimum atomic E-state index is -1.03. The van der Waals surface area contributed by atoms with Crippen LogP contribution in [0.1, 0.15) is 18.4 Å². The number of nitrogens with one attached hydrogen (secondary N) is 1. The Labute approximate surface area is 116 Å². The minimum absolute atomic E-state index is 0.0165. The summed E-state index contributed by atoms with van der Waals surface area (Å²) < 4.78 is 5.24. The van der Waals surface area contributed by atoms with Crippen molar-refractivity contribution in [2.75, 3.05) is 6.61 Å². The van der Waals surface area contributed by atoms with E-state index in [1.807, 2.05) is 6.07 Å². The molecule has 0 aromatic heterocycles. The summed E-state index contributed by atoms with van der Waals surface area (Å²) in [5, 5.41) is 20.3. The maximum absolute atomic E-state index is 11.7. The van der Waals surface area contributed by atoms with E-state index in [4.69, 9.17) is 15.1 Å². The summed E-state index contributed by atoms with van der Waals surface area (Å²) >= 11 is 0. The number of hydrogen-bond acceptors (Lipinski definition) is 4. The van der Waals surface area contributed by atoms with Crippen LogP contribution in [-0.4, -0.2) is 29.6 Å². The van der Waals surface area contributed by atoms with Gasteiger partial charge in [0.05, 0.1) is 5.56 Å². The minimum Gasteiger partial charge on any atom is -0.482 e. The molecule has 1 aliphatic rings. The van der Waals surface area contributed by atoms with Crippen LogP contribution in [0, 0.1) is 17.2 Å². The molecule has 0 radical (unpaired) electrons. The Morgan fingerprint density at radius 2 is 2.15 bits per heavy atom. The Kier molecular flexibility index (Phi) is 4.20. The Balaban J connectivity index is 1.89. The van der Waals surface area contributed by atoms with Gasteiger partial charge < -0.3 is 15.2 Å². The van der Waals surface area contributed by atoms with Crippen molar-refractivity contribution in [3.05, 3.63) is 29.8 Å². The lowest BCUT2D eigenvalue weighted by Gasteiger charge is -2.14. The van der Waals surface area contributed by atoms with Gasteiger partial charge in [0, 0.05) is 0 Å². The average Bonchev–Trinajstić information content (AvgIpc) is 3.27. The molecule has 0 saturated heterocycles. The molecule has 2 rings (SSSR count). The van der Waals surface area contributed by atoms with Crippen LogP contribution in [0.15, 0.2) is 24.3 Å². The summed E-state index contributed by atoms with van der Waals surface area (Å²) in [5.41, 5.74) is 0.331. The van der Waals surface area contributed by atoms with Crippen molar-refractivity contribution in [1.82, 2.24) is 5.32 Å². The third-order valence-electron chi connectivity index (χ3n) is 3.04. The normalized spacial score (nSPS) is 14.9. The van der Waals surface area contributed by atoms with Crippen LogP contribution < -0.4 is 10.1 Å². The number of para-hydroxylation sites is 1. The number of carboxylic acids is 1. The average molecular weight is 274 g/mol. The van der Waals surface area contributed by atoms with E-state index < -0.39 is 17.9 Å². The second-order valence-corrected chi connectivity index (χ2v) is 4.62. The highest BCUT2D eigenvalue weighted by molar-refractivity contribution is 5.84. The summed E-state index contributed by atoms with van der Waals surface area (Å²) in [4.78, 5) is 22.7. The van der Waals surface area contributed by atoms with Gasteiger partial charge in [0.15, 0.2) is 6.61 Å². The Morgan fingerprint density at radius 3 is 2.75 bits per heavy atom. The molecule has 6 nitrogen and oxygen atoms in total. The molecule has 1 fully saturated rings. The number of carbonyl (C=O) groups excluding carboxylic acids is 1. The van der Waals surface area contributed by atoms with Crippen LogP contribution in [0.5, 0.6) is 5.75 Å². The lowest BCUT2D eigenvalue weighted by molar-refractivity contribution is -0.142. The van der Waals surface area contributed by atoms with Crippen LogP contribution in [0.3, 0.4) is 0 Å². The van der Waals surface area contributed by atoms with Crippen molar-refractivity contribution in [1.29, 1.82) is 5.26 Å². The molecule has 1 aromatic rings. The van der Waals surface area contributed by atoms with Crippen molar-refractivity contribution in [3.8, 4) is 11.8 Å². The summed E-state index contributed by atoms with van der Waals surface area (Å²) in [5.74, 6) is -1.21. The monoisotopic (exact) mass is 274 g/mol. The van der Waals surface area contributed by atoms with Crippen LogP contribution in [-0.2, 0) is 9.59 Å². The van der Waals surface area contributed by atoms with E-state index in [1.165, 1.54) is 0 Å². The zero-order valence-corrected chi connectivity index (χ0v) is 10.7. The molecular weight excluding hydrogens is 260 g/mol. The molecule has 2 N–H and O–H groups in total. The van der Waals surface area contributed by atoms with Crippen LogP contribution in [0.25, 0.3) is 0 Å². The number of rotatable bonds is 6. The largest absolute Gasteiger partial charge is 0.482 e. The van der Waals surface area contributed by atoms with Gasteiger partial charge in [-0.05, 0) is 30.9 Å². The Morgan fingerprint density at radius 1 is 1.45 bits per heavy atom. The van der Waals surface area contributed by atoms with E-state index in [2.05, 4.69) is 5.32 Å². The standard InChI is InChI=1S/C14H14N2O4/c15-7-10-3-1-2-4-11(10)20-8-12(17)16-13(14(18)19)9-5-6-9/h1-4,9,13H,5-6,8H2,(H,16,17)(H,18,19). The van der Waals surface area contributed by atoms with Crippen molar-refractivity contribution in [2.24, 2.45) is 5.92 Å². The van der Waals surface area contributed by atoms with Gasteiger partial charge >= 0.3 is 5.97 Å². The van der Waals surface area contributed by atoms with E-state index in [0.29, 0.717) is 11.3 Å². The van der Waals surface area contributed by atoms with E-state index >= 15 is 0 Å². The third kappa shape index (κ3) is 3.48. The first-order valence-electron chi connectivity index (χ1n) is 6.26.